The molecule has 0 saturated carbocycles. The van der Waals surface area contributed by atoms with Gasteiger partial charge in [0.1, 0.15) is 5.54 Å². The summed E-state index contributed by atoms with van der Waals surface area (Å²) in [5, 5.41) is 9.59. The molecule has 3 heteroatoms. The van der Waals surface area contributed by atoms with Crippen LogP contribution in [-0.2, 0) is 0 Å². The van der Waals surface area contributed by atoms with E-state index >= 15 is 0 Å². The summed E-state index contributed by atoms with van der Waals surface area (Å²) in [5.41, 5.74) is 5.29. The summed E-state index contributed by atoms with van der Waals surface area (Å²) in [7, 11) is 0. The minimum Gasteiger partial charge on any atom is -0.313 e. The number of thioether (sulfide) groups is 1. The molecule has 0 aliphatic carbocycles. The van der Waals surface area contributed by atoms with Crippen LogP contribution in [-0.4, -0.2) is 16.5 Å². The number of rotatable bonds is 7. The van der Waals surface area contributed by atoms with E-state index in [1.807, 2.05) is 18.7 Å². The van der Waals surface area contributed by atoms with E-state index in [0.717, 1.165) is 30.3 Å². The van der Waals surface area contributed by atoms with Crippen molar-refractivity contribution < 1.29 is 0 Å². The summed E-state index contributed by atoms with van der Waals surface area (Å²) in [4.78, 5) is 0. The van der Waals surface area contributed by atoms with Gasteiger partial charge >= 0.3 is 0 Å². The zero-order valence-corrected chi connectivity index (χ0v) is 10.4. The molecule has 0 aromatic heterocycles. The standard InChI is InChI=1S/C11H22N2S/c1-4-10(3)14-8-6-7-11(13,5-2)9-12/h10H,4-8,13H2,1-3H3. The minimum atomic E-state index is -0.587. The predicted molar refractivity (Wildman–Crippen MR) is 64.3 cm³/mol. The molecule has 0 aliphatic heterocycles. The third-order valence-corrected chi connectivity index (χ3v) is 4.02. The molecule has 2 N–H and O–H groups in total. The van der Waals surface area contributed by atoms with Crippen molar-refractivity contribution >= 4 is 11.8 Å². The summed E-state index contributed by atoms with van der Waals surface area (Å²) >= 11 is 1.97. The fraction of sp³-hybridized carbons (Fsp3) is 0.909. The molecule has 0 bridgehead atoms. The van der Waals surface area contributed by atoms with Gasteiger partial charge in [-0.1, -0.05) is 20.8 Å². The maximum atomic E-state index is 8.86. The quantitative estimate of drug-likeness (QED) is 0.663. The Hall–Kier alpha value is -0.200. The predicted octanol–water partition coefficient (Wildman–Crippen LogP) is 2.93. The molecule has 0 amide bonds. The van der Waals surface area contributed by atoms with Gasteiger partial charge in [-0.2, -0.15) is 17.0 Å². The van der Waals surface area contributed by atoms with Crippen molar-refractivity contribution in [2.45, 2.75) is 57.2 Å². The first kappa shape index (κ1) is 13.8. The Labute approximate surface area is 92.2 Å². The van der Waals surface area contributed by atoms with E-state index in [1.165, 1.54) is 6.42 Å². The van der Waals surface area contributed by atoms with Gasteiger partial charge in [0.05, 0.1) is 6.07 Å². The molecular weight excluding hydrogens is 192 g/mol. The zero-order chi connectivity index (χ0) is 11.0. The summed E-state index contributed by atoms with van der Waals surface area (Å²) in [6.07, 6.45) is 3.83. The number of hydrogen-bond acceptors (Lipinski definition) is 3. The zero-order valence-electron chi connectivity index (χ0n) is 9.55. The first-order valence-corrected chi connectivity index (χ1v) is 6.44. The molecule has 0 aromatic carbocycles. The van der Waals surface area contributed by atoms with Crippen molar-refractivity contribution in [3.05, 3.63) is 0 Å². The summed E-state index contributed by atoms with van der Waals surface area (Å²) in [6, 6.07) is 2.20. The highest BCUT2D eigenvalue weighted by Crippen LogP contribution is 2.19. The second-order valence-electron chi connectivity index (χ2n) is 3.81. The van der Waals surface area contributed by atoms with Gasteiger partial charge in [-0.05, 0) is 31.4 Å². The second-order valence-corrected chi connectivity index (χ2v) is 5.36. The number of nitrogens with zero attached hydrogens (tertiary/aromatic N) is 1. The second kappa shape index (κ2) is 7.14. The molecule has 14 heavy (non-hydrogen) atoms. The Kier molecular flexibility index (Phi) is 7.04. The first-order chi connectivity index (χ1) is 6.58. The molecule has 0 aromatic rings. The monoisotopic (exact) mass is 214 g/mol. The molecule has 0 radical (unpaired) electrons. The van der Waals surface area contributed by atoms with Gasteiger partial charge in [0, 0.05) is 5.25 Å². The highest BCUT2D eigenvalue weighted by molar-refractivity contribution is 7.99. The van der Waals surface area contributed by atoms with E-state index in [-0.39, 0.29) is 0 Å². The summed E-state index contributed by atoms with van der Waals surface area (Å²) in [5.74, 6) is 1.12. The third-order valence-electron chi connectivity index (χ3n) is 2.60. The van der Waals surface area contributed by atoms with Crippen molar-refractivity contribution in [3.8, 4) is 6.07 Å². The highest BCUT2D eigenvalue weighted by Gasteiger charge is 2.20. The van der Waals surface area contributed by atoms with E-state index in [4.69, 9.17) is 11.0 Å². The molecule has 0 rings (SSSR count). The summed E-state index contributed by atoms with van der Waals surface area (Å²) < 4.78 is 0. The number of nitrogens with two attached hydrogens (primary N) is 1. The molecule has 82 valence electrons. The molecular formula is C11H22N2S. The van der Waals surface area contributed by atoms with E-state index in [9.17, 15) is 0 Å². The molecule has 0 saturated heterocycles. The fourth-order valence-corrected chi connectivity index (χ4v) is 2.05. The van der Waals surface area contributed by atoms with Crippen LogP contribution < -0.4 is 5.73 Å². The lowest BCUT2D eigenvalue weighted by Gasteiger charge is -2.19. The first-order valence-electron chi connectivity index (χ1n) is 5.39. The third kappa shape index (κ3) is 5.51. The normalized spacial score (nSPS) is 17.1. The van der Waals surface area contributed by atoms with Gasteiger partial charge in [0.2, 0.25) is 0 Å². The van der Waals surface area contributed by atoms with Crippen molar-refractivity contribution in [3.63, 3.8) is 0 Å². The van der Waals surface area contributed by atoms with E-state index in [2.05, 4.69) is 19.9 Å². The Balaban J connectivity index is 3.59. The van der Waals surface area contributed by atoms with Crippen LogP contribution in [0.5, 0.6) is 0 Å². The van der Waals surface area contributed by atoms with Crippen molar-refractivity contribution in [1.82, 2.24) is 0 Å². The topological polar surface area (TPSA) is 49.8 Å². The average Bonchev–Trinajstić information content (AvgIpc) is 2.23. The van der Waals surface area contributed by atoms with Gasteiger partial charge in [-0.3, -0.25) is 0 Å². The van der Waals surface area contributed by atoms with Crippen LogP contribution in [0.15, 0.2) is 0 Å². The number of nitriles is 1. The molecule has 2 nitrogen and oxygen atoms in total. The van der Waals surface area contributed by atoms with Crippen LogP contribution in [0.25, 0.3) is 0 Å². The largest absolute Gasteiger partial charge is 0.313 e. The Morgan fingerprint density at radius 1 is 1.50 bits per heavy atom. The lowest BCUT2D eigenvalue weighted by molar-refractivity contribution is 0.478. The van der Waals surface area contributed by atoms with Crippen LogP contribution in [0.2, 0.25) is 0 Å². The van der Waals surface area contributed by atoms with E-state index in [1.54, 1.807) is 0 Å². The van der Waals surface area contributed by atoms with Crippen LogP contribution in [0.1, 0.15) is 46.5 Å². The molecule has 0 fully saturated rings. The van der Waals surface area contributed by atoms with Gasteiger partial charge < -0.3 is 5.73 Å². The van der Waals surface area contributed by atoms with Crippen molar-refractivity contribution in [2.24, 2.45) is 5.73 Å². The Bertz CT molecular complexity index is 188. The molecule has 0 aliphatic rings. The van der Waals surface area contributed by atoms with E-state index < -0.39 is 5.54 Å². The van der Waals surface area contributed by atoms with Crippen molar-refractivity contribution in [2.75, 3.05) is 5.75 Å². The van der Waals surface area contributed by atoms with Crippen LogP contribution in [0.4, 0.5) is 0 Å². The maximum absolute atomic E-state index is 8.86. The fourth-order valence-electron chi connectivity index (χ4n) is 1.10. The van der Waals surface area contributed by atoms with Crippen molar-refractivity contribution in [1.29, 1.82) is 5.26 Å². The van der Waals surface area contributed by atoms with Gasteiger partial charge in [0.25, 0.3) is 0 Å². The molecule has 0 spiro atoms. The van der Waals surface area contributed by atoms with Crippen LogP contribution in [0.3, 0.4) is 0 Å². The Morgan fingerprint density at radius 2 is 2.14 bits per heavy atom. The molecule has 0 heterocycles. The average molecular weight is 214 g/mol. The Morgan fingerprint density at radius 3 is 2.57 bits per heavy atom. The van der Waals surface area contributed by atoms with Gasteiger partial charge in [-0.15, -0.1) is 0 Å². The van der Waals surface area contributed by atoms with Crippen LogP contribution >= 0.6 is 11.8 Å². The van der Waals surface area contributed by atoms with Crippen LogP contribution in [0, 0.1) is 11.3 Å². The van der Waals surface area contributed by atoms with E-state index in [0.29, 0.717) is 0 Å². The smallest absolute Gasteiger partial charge is 0.104 e. The summed E-state index contributed by atoms with van der Waals surface area (Å²) in [6.45, 7) is 6.42. The molecule has 2 atom stereocenters. The van der Waals surface area contributed by atoms with Gasteiger partial charge in [-0.25, -0.2) is 0 Å². The SMILES string of the molecule is CCC(C)SCCCC(N)(C#N)CC. The van der Waals surface area contributed by atoms with Gasteiger partial charge in [0.15, 0.2) is 0 Å². The molecule has 2 unspecified atom stereocenters. The lowest BCUT2D eigenvalue weighted by atomic mass is 9.94. The maximum Gasteiger partial charge on any atom is 0.104 e. The highest BCUT2D eigenvalue weighted by atomic mass is 32.2. The number of hydrogen-bond donors (Lipinski definition) is 1. The minimum absolute atomic E-state index is 0.587. The lowest BCUT2D eigenvalue weighted by Crippen LogP contribution is -2.37.